The predicted octanol–water partition coefficient (Wildman–Crippen LogP) is 4.11. The molecule has 6 nitrogen and oxygen atoms in total. The van der Waals surface area contributed by atoms with Gasteiger partial charge in [0.05, 0.1) is 29.6 Å². The predicted molar refractivity (Wildman–Crippen MR) is 138 cm³/mol. The van der Waals surface area contributed by atoms with Gasteiger partial charge in [0, 0.05) is 6.04 Å². The molecule has 0 aliphatic heterocycles. The van der Waals surface area contributed by atoms with E-state index in [1.54, 1.807) is 22.8 Å². The molecule has 6 heteroatoms. The van der Waals surface area contributed by atoms with Crippen molar-refractivity contribution in [3.8, 4) is 5.69 Å². The Kier molecular flexibility index (Phi) is 6.36. The Balaban J connectivity index is 1.49. The zero-order chi connectivity index (χ0) is 24.4. The maximum atomic E-state index is 13.6. The number of benzene rings is 3. The summed E-state index contributed by atoms with van der Waals surface area (Å²) < 4.78 is 2.87. The Hall–Kier alpha value is -3.93. The SMILES string of the molecule is Cc1cccc(Cn2c(=O)n(-c3ccc(CC(=O)NC4CCCC4)cc3)c(=O)c3ccccc32)c1. The molecule has 5 rings (SSSR count). The highest BCUT2D eigenvalue weighted by Gasteiger charge is 2.18. The number of hydrogen-bond acceptors (Lipinski definition) is 3. The zero-order valence-corrected chi connectivity index (χ0v) is 19.9. The summed E-state index contributed by atoms with van der Waals surface area (Å²) >= 11 is 0. The Bertz CT molecular complexity index is 1490. The van der Waals surface area contributed by atoms with E-state index in [0.29, 0.717) is 23.1 Å². The van der Waals surface area contributed by atoms with Crippen LogP contribution in [0.4, 0.5) is 0 Å². The molecule has 1 N–H and O–H groups in total. The second-order valence-electron chi connectivity index (χ2n) is 9.41. The number of aromatic nitrogens is 2. The van der Waals surface area contributed by atoms with E-state index in [1.807, 2.05) is 61.5 Å². The van der Waals surface area contributed by atoms with Gasteiger partial charge in [-0.3, -0.25) is 14.2 Å². The van der Waals surface area contributed by atoms with Crippen molar-refractivity contribution in [1.82, 2.24) is 14.5 Å². The number of para-hydroxylation sites is 1. The largest absolute Gasteiger partial charge is 0.353 e. The Morgan fingerprint density at radius 3 is 2.40 bits per heavy atom. The van der Waals surface area contributed by atoms with E-state index in [4.69, 9.17) is 0 Å². The van der Waals surface area contributed by atoms with Crippen LogP contribution in [0.15, 0.2) is 82.4 Å². The summed E-state index contributed by atoms with van der Waals surface area (Å²) in [6.45, 7) is 2.38. The van der Waals surface area contributed by atoms with Gasteiger partial charge in [0.15, 0.2) is 0 Å². The van der Waals surface area contributed by atoms with Crippen molar-refractivity contribution >= 4 is 16.8 Å². The van der Waals surface area contributed by atoms with Crippen molar-refractivity contribution < 1.29 is 4.79 Å². The van der Waals surface area contributed by atoms with E-state index < -0.39 is 0 Å². The van der Waals surface area contributed by atoms with Gasteiger partial charge in [-0.25, -0.2) is 9.36 Å². The average molecular weight is 468 g/mol. The molecule has 1 amide bonds. The van der Waals surface area contributed by atoms with Crippen LogP contribution < -0.4 is 16.6 Å². The Labute approximate surface area is 203 Å². The van der Waals surface area contributed by atoms with Gasteiger partial charge < -0.3 is 5.32 Å². The molecule has 35 heavy (non-hydrogen) atoms. The van der Waals surface area contributed by atoms with Gasteiger partial charge in [0.2, 0.25) is 5.91 Å². The minimum atomic E-state index is -0.387. The molecule has 1 aromatic heterocycles. The standard InChI is InChI=1S/C29H29N3O3/c1-20-7-6-8-22(17-20)19-31-26-12-5-4-11-25(26)28(34)32(29(31)35)24-15-13-21(14-16-24)18-27(33)30-23-9-2-3-10-23/h4-8,11-17,23H,2-3,9-10,18-19H2,1H3,(H,30,33). The van der Waals surface area contributed by atoms with E-state index in [2.05, 4.69) is 5.32 Å². The molecule has 4 aromatic rings. The van der Waals surface area contributed by atoms with E-state index in [1.165, 1.54) is 17.4 Å². The van der Waals surface area contributed by atoms with Crippen molar-refractivity contribution in [2.45, 2.75) is 51.6 Å². The first kappa shape index (κ1) is 22.8. The highest BCUT2D eigenvalue weighted by atomic mass is 16.2. The third kappa shape index (κ3) is 4.83. The van der Waals surface area contributed by atoms with Crippen LogP contribution >= 0.6 is 0 Å². The molecule has 0 atom stereocenters. The first-order valence-electron chi connectivity index (χ1n) is 12.2. The van der Waals surface area contributed by atoms with Crippen LogP contribution in [0, 0.1) is 6.92 Å². The van der Waals surface area contributed by atoms with E-state index in [9.17, 15) is 14.4 Å². The Morgan fingerprint density at radius 1 is 0.914 bits per heavy atom. The smallest absolute Gasteiger partial charge is 0.336 e. The zero-order valence-electron chi connectivity index (χ0n) is 19.9. The summed E-state index contributed by atoms with van der Waals surface area (Å²) in [4.78, 5) is 39.4. The van der Waals surface area contributed by atoms with Gasteiger partial charge >= 0.3 is 5.69 Å². The second kappa shape index (κ2) is 9.74. The molecule has 0 bridgehead atoms. The van der Waals surface area contributed by atoms with Crippen LogP contribution in [0.3, 0.4) is 0 Å². The maximum absolute atomic E-state index is 13.6. The fourth-order valence-electron chi connectivity index (χ4n) is 4.99. The topological polar surface area (TPSA) is 73.1 Å². The fourth-order valence-corrected chi connectivity index (χ4v) is 4.99. The summed E-state index contributed by atoms with van der Waals surface area (Å²) in [6, 6.07) is 22.6. The lowest BCUT2D eigenvalue weighted by molar-refractivity contribution is -0.121. The van der Waals surface area contributed by atoms with Gasteiger partial charge in [-0.2, -0.15) is 0 Å². The summed E-state index contributed by atoms with van der Waals surface area (Å²) in [5.74, 6) is 0.00744. The monoisotopic (exact) mass is 467 g/mol. The number of carbonyl (C=O) groups is 1. The van der Waals surface area contributed by atoms with Crippen molar-refractivity contribution in [3.05, 3.63) is 110 Å². The van der Waals surface area contributed by atoms with Crippen LogP contribution in [-0.4, -0.2) is 21.1 Å². The van der Waals surface area contributed by atoms with Crippen LogP contribution in [0.25, 0.3) is 16.6 Å². The quantitative estimate of drug-likeness (QED) is 0.464. The van der Waals surface area contributed by atoms with E-state index in [0.717, 1.165) is 29.5 Å². The second-order valence-corrected chi connectivity index (χ2v) is 9.41. The van der Waals surface area contributed by atoms with Crippen molar-refractivity contribution in [1.29, 1.82) is 0 Å². The number of aryl methyl sites for hydroxylation is 1. The molecule has 178 valence electrons. The molecule has 1 fully saturated rings. The molecular formula is C29H29N3O3. The third-order valence-corrected chi connectivity index (χ3v) is 6.75. The molecule has 1 aliphatic carbocycles. The maximum Gasteiger partial charge on any atom is 0.336 e. The minimum Gasteiger partial charge on any atom is -0.353 e. The number of nitrogens with one attached hydrogen (secondary N) is 1. The lowest BCUT2D eigenvalue weighted by Gasteiger charge is -2.15. The summed E-state index contributed by atoms with van der Waals surface area (Å²) in [5.41, 5.74) is 3.31. The lowest BCUT2D eigenvalue weighted by atomic mass is 10.1. The molecular weight excluding hydrogens is 438 g/mol. The minimum absolute atomic E-state index is 0.00744. The first-order chi connectivity index (χ1) is 17.0. The average Bonchev–Trinajstić information content (AvgIpc) is 3.36. The van der Waals surface area contributed by atoms with Crippen molar-refractivity contribution in [2.24, 2.45) is 0 Å². The molecule has 0 unspecified atom stereocenters. The van der Waals surface area contributed by atoms with E-state index >= 15 is 0 Å². The molecule has 3 aromatic carbocycles. The fraction of sp³-hybridized carbons (Fsp3) is 0.276. The lowest BCUT2D eigenvalue weighted by Crippen LogP contribution is -2.39. The summed E-state index contributed by atoms with van der Waals surface area (Å²) in [7, 11) is 0. The van der Waals surface area contributed by atoms with Gasteiger partial charge in [-0.15, -0.1) is 0 Å². The molecule has 1 heterocycles. The highest BCUT2D eigenvalue weighted by Crippen LogP contribution is 2.18. The van der Waals surface area contributed by atoms with Crippen LogP contribution in [0.1, 0.15) is 42.4 Å². The van der Waals surface area contributed by atoms with Crippen LogP contribution in [0.5, 0.6) is 0 Å². The Morgan fingerprint density at radius 2 is 1.66 bits per heavy atom. The van der Waals surface area contributed by atoms with Gasteiger partial charge in [0.25, 0.3) is 5.56 Å². The van der Waals surface area contributed by atoms with Gasteiger partial charge in [0.1, 0.15) is 0 Å². The van der Waals surface area contributed by atoms with Gasteiger partial charge in [-0.1, -0.05) is 66.9 Å². The van der Waals surface area contributed by atoms with Crippen LogP contribution in [-0.2, 0) is 17.8 Å². The van der Waals surface area contributed by atoms with Gasteiger partial charge in [-0.05, 0) is 55.2 Å². The molecule has 0 saturated heterocycles. The van der Waals surface area contributed by atoms with Crippen LogP contribution in [0.2, 0.25) is 0 Å². The van der Waals surface area contributed by atoms with E-state index in [-0.39, 0.29) is 29.6 Å². The molecule has 1 aliphatic rings. The molecule has 0 radical (unpaired) electrons. The number of nitrogens with zero attached hydrogens (tertiary/aromatic N) is 2. The van der Waals surface area contributed by atoms with Crippen molar-refractivity contribution in [3.63, 3.8) is 0 Å². The third-order valence-electron chi connectivity index (χ3n) is 6.75. The number of carbonyl (C=O) groups excluding carboxylic acids is 1. The molecule has 0 spiro atoms. The molecule has 1 saturated carbocycles. The summed E-state index contributed by atoms with van der Waals surface area (Å²) in [5, 5.41) is 3.58. The highest BCUT2D eigenvalue weighted by molar-refractivity contribution is 5.79. The number of hydrogen-bond donors (Lipinski definition) is 1. The summed E-state index contributed by atoms with van der Waals surface area (Å²) in [6.07, 6.45) is 4.71. The number of fused-ring (bicyclic) bond motifs is 1. The first-order valence-corrected chi connectivity index (χ1v) is 12.2. The number of rotatable bonds is 6. The number of amides is 1. The van der Waals surface area contributed by atoms with Crippen molar-refractivity contribution in [2.75, 3.05) is 0 Å². The normalized spacial score (nSPS) is 13.9.